The average Bonchev–Trinajstić information content (AvgIpc) is 3.26. The van der Waals surface area contributed by atoms with Crippen LogP contribution in [0.4, 0.5) is 11.4 Å². The van der Waals surface area contributed by atoms with Crippen LogP contribution in [0.25, 0.3) is 0 Å². The van der Waals surface area contributed by atoms with Crippen molar-refractivity contribution in [3.63, 3.8) is 0 Å². The molecule has 0 bridgehead atoms. The molecular weight excluding hydrogens is 446 g/mol. The number of aryl methyl sites for hydroxylation is 2. The largest absolute Gasteiger partial charge is 0.379 e. The molecule has 0 radical (unpaired) electrons. The van der Waals surface area contributed by atoms with Gasteiger partial charge in [-0.15, -0.1) is 11.3 Å². The number of hydrogen-bond donors (Lipinski definition) is 1. The summed E-state index contributed by atoms with van der Waals surface area (Å²) in [5.74, 6) is -0.182. The van der Waals surface area contributed by atoms with Crippen LogP contribution in [0.1, 0.15) is 46.8 Å². The van der Waals surface area contributed by atoms with Crippen LogP contribution in [0.2, 0.25) is 0 Å². The second-order valence-corrected chi connectivity index (χ2v) is 11.2. The molecule has 4 rings (SSSR count). The van der Waals surface area contributed by atoms with Gasteiger partial charge in [0.05, 0.1) is 34.4 Å². The third kappa shape index (κ3) is 4.71. The smallest absolute Gasteiger partial charge is 0.265 e. The van der Waals surface area contributed by atoms with Crippen LogP contribution in [0, 0.1) is 0 Å². The van der Waals surface area contributed by atoms with Gasteiger partial charge >= 0.3 is 0 Å². The first kappa shape index (κ1) is 23.2. The first-order valence-corrected chi connectivity index (χ1v) is 13.6. The summed E-state index contributed by atoms with van der Waals surface area (Å²) in [4.78, 5) is 17.4. The number of carbonyl (C=O) groups excluding carboxylic acids is 1. The van der Waals surface area contributed by atoms with E-state index in [4.69, 9.17) is 4.74 Å². The third-order valence-electron chi connectivity index (χ3n) is 6.15. The molecule has 0 atom stereocenters. The molecule has 2 aromatic rings. The lowest BCUT2D eigenvalue weighted by atomic mass is 9.99. The van der Waals surface area contributed by atoms with E-state index >= 15 is 0 Å². The van der Waals surface area contributed by atoms with Crippen LogP contribution in [0.15, 0.2) is 29.2 Å². The maximum absolute atomic E-state index is 13.2. The Morgan fingerprint density at radius 3 is 2.53 bits per heavy atom. The lowest BCUT2D eigenvalue weighted by Crippen LogP contribution is -2.40. The van der Waals surface area contributed by atoms with E-state index < -0.39 is 10.0 Å². The molecule has 2 heterocycles. The lowest BCUT2D eigenvalue weighted by Gasteiger charge is -2.28. The van der Waals surface area contributed by atoms with E-state index in [1.165, 1.54) is 27.6 Å². The highest BCUT2D eigenvalue weighted by atomic mass is 32.2. The number of fused-ring (bicyclic) bond motifs is 1. The number of nitrogens with one attached hydrogen (secondary N) is 1. The van der Waals surface area contributed by atoms with Gasteiger partial charge in [-0.1, -0.05) is 0 Å². The second kappa shape index (κ2) is 9.91. The highest BCUT2D eigenvalue weighted by Crippen LogP contribution is 2.33. The number of amides is 1. The van der Waals surface area contributed by atoms with Crippen molar-refractivity contribution in [3.8, 4) is 0 Å². The maximum atomic E-state index is 13.2. The Morgan fingerprint density at radius 2 is 1.84 bits per heavy atom. The summed E-state index contributed by atoms with van der Waals surface area (Å²) in [6, 6.07) is 7.04. The minimum absolute atomic E-state index is 0.182. The number of sulfonamides is 1. The Balaban J connectivity index is 1.67. The fourth-order valence-corrected chi connectivity index (χ4v) is 6.92. The molecule has 2 aliphatic rings. The van der Waals surface area contributed by atoms with Crippen molar-refractivity contribution in [3.05, 3.63) is 39.6 Å². The summed E-state index contributed by atoms with van der Waals surface area (Å²) in [5, 5.41) is 3.02. The number of morpholine rings is 1. The SMILES string of the molecule is CCN(CC)c1ccc(S(=O)(=O)N2CCOCC2)cc1NC(=O)c1cc2c(s1)CCCC2. The van der Waals surface area contributed by atoms with Crippen molar-refractivity contribution in [1.82, 2.24) is 4.31 Å². The zero-order valence-corrected chi connectivity index (χ0v) is 20.4. The van der Waals surface area contributed by atoms with Crippen molar-refractivity contribution in [2.24, 2.45) is 0 Å². The van der Waals surface area contributed by atoms with Crippen molar-refractivity contribution in [2.45, 2.75) is 44.4 Å². The van der Waals surface area contributed by atoms with Gasteiger partial charge in [0.2, 0.25) is 10.0 Å². The van der Waals surface area contributed by atoms with Crippen molar-refractivity contribution >= 4 is 38.6 Å². The molecule has 0 saturated carbocycles. The summed E-state index contributed by atoms with van der Waals surface area (Å²) in [5.41, 5.74) is 2.63. The van der Waals surface area contributed by atoms with E-state index in [-0.39, 0.29) is 10.8 Å². The van der Waals surface area contributed by atoms with E-state index in [0.29, 0.717) is 36.9 Å². The van der Waals surface area contributed by atoms with Gasteiger partial charge in [0.1, 0.15) is 0 Å². The van der Waals surface area contributed by atoms with E-state index in [0.717, 1.165) is 31.6 Å². The second-order valence-electron chi connectivity index (χ2n) is 8.09. The van der Waals surface area contributed by atoms with Gasteiger partial charge in [-0.05, 0) is 69.4 Å². The van der Waals surface area contributed by atoms with Crippen LogP contribution in [-0.2, 0) is 27.6 Å². The van der Waals surface area contributed by atoms with E-state index in [9.17, 15) is 13.2 Å². The van der Waals surface area contributed by atoms with Crippen molar-refractivity contribution < 1.29 is 17.9 Å². The molecule has 1 aromatic heterocycles. The van der Waals surface area contributed by atoms with Crippen LogP contribution < -0.4 is 10.2 Å². The fraction of sp³-hybridized carbons (Fsp3) is 0.522. The van der Waals surface area contributed by atoms with Gasteiger partial charge in [-0.25, -0.2) is 8.42 Å². The molecule has 9 heteroatoms. The summed E-state index contributed by atoms with van der Waals surface area (Å²) < 4.78 is 33.1. The monoisotopic (exact) mass is 477 g/mol. The molecule has 32 heavy (non-hydrogen) atoms. The number of anilines is 2. The molecule has 1 amide bonds. The zero-order valence-electron chi connectivity index (χ0n) is 18.7. The van der Waals surface area contributed by atoms with Crippen molar-refractivity contribution in [2.75, 3.05) is 49.6 Å². The minimum atomic E-state index is -3.66. The summed E-state index contributed by atoms with van der Waals surface area (Å²) >= 11 is 1.55. The average molecular weight is 478 g/mol. The number of rotatable bonds is 7. The minimum Gasteiger partial charge on any atom is -0.379 e. The number of ether oxygens (including phenoxy) is 1. The quantitative estimate of drug-likeness (QED) is 0.657. The van der Waals surface area contributed by atoms with Crippen LogP contribution in [-0.4, -0.2) is 58.0 Å². The lowest BCUT2D eigenvalue weighted by molar-refractivity contribution is 0.0730. The molecule has 1 aromatic carbocycles. The molecule has 1 aliphatic carbocycles. The Labute approximate surface area is 194 Å². The Morgan fingerprint density at radius 1 is 1.12 bits per heavy atom. The number of nitrogens with zero attached hydrogens (tertiary/aromatic N) is 2. The van der Waals surface area contributed by atoms with E-state index in [1.807, 2.05) is 19.9 Å². The van der Waals surface area contributed by atoms with Crippen LogP contribution in [0.5, 0.6) is 0 Å². The molecular formula is C23H31N3O4S2. The summed E-state index contributed by atoms with van der Waals surface area (Å²) in [6.45, 7) is 7.05. The standard InChI is InChI=1S/C23H31N3O4S2/c1-3-25(4-2)20-10-9-18(32(28,29)26-11-13-30-14-12-26)16-19(20)24-23(27)22-15-17-7-5-6-8-21(17)31-22/h9-10,15-16H,3-8,11-14H2,1-2H3,(H,24,27). The predicted molar refractivity (Wildman–Crippen MR) is 128 cm³/mol. The molecule has 1 N–H and O–H groups in total. The Kier molecular flexibility index (Phi) is 7.19. The number of thiophene rings is 1. The topological polar surface area (TPSA) is 79.0 Å². The Bertz CT molecular complexity index is 1050. The first-order chi connectivity index (χ1) is 15.4. The van der Waals surface area contributed by atoms with Crippen molar-refractivity contribution in [1.29, 1.82) is 0 Å². The van der Waals surface area contributed by atoms with Gasteiger partial charge in [-0.3, -0.25) is 4.79 Å². The predicted octanol–water partition coefficient (Wildman–Crippen LogP) is 3.75. The highest BCUT2D eigenvalue weighted by molar-refractivity contribution is 7.89. The summed E-state index contributed by atoms with van der Waals surface area (Å²) in [7, 11) is -3.66. The number of hydrogen-bond acceptors (Lipinski definition) is 6. The van der Waals surface area contributed by atoms with Gasteiger partial charge in [0, 0.05) is 31.1 Å². The van der Waals surface area contributed by atoms with Crippen LogP contribution in [0.3, 0.4) is 0 Å². The number of carbonyl (C=O) groups is 1. The van der Waals surface area contributed by atoms with Gasteiger partial charge < -0.3 is 15.0 Å². The zero-order chi connectivity index (χ0) is 22.7. The molecule has 1 fully saturated rings. The summed E-state index contributed by atoms with van der Waals surface area (Å²) in [6.07, 6.45) is 4.39. The molecule has 0 spiro atoms. The Hall–Kier alpha value is -1.94. The van der Waals surface area contributed by atoms with Crippen LogP contribution >= 0.6 is 11.3 Å². The van der Waals surface area contributed by atoms with E-state index in [1.54, 1.807) is 29.5 Å². The van der Waals surface area contributed by atoms with Gasteiger partial charge in [-0.2, -0.15) is 4.31 Å². The van der Waals surface area contributed by atoms with Gasteiger partial charge in [0.15, 0.2) is 0 Å². The highest BCUT2D eigenvalue weighted by Gasteiger charge is 2.28. The first-order valence-electron chi connectivity index (χ1n) is 11.3. The third-order valence-corrected chi connectivity index (χ3v) is 9.28. The molecule has 7 nitrogen and oxygen atoms in total. The number of benzene rings is 1. The molecule has 1 aliphatic heterocycles. The normalized spacial score (nSPS) is 17.1. The molecule has 174 valence electrons. The molecule has 1 saturated heterocycles. The van der Waals surface area contributed by atoms with E-state index in [2.05, 4.69) is 10.2 Å². The van der Waals surface area contributed by atoms with Gasteiger partial charge in [0.25, 0.3) is 5.91 Å². The maximum Gasteiger partial charge on any atom is 0.265 e. The molecule has 0 unspecified atom stereocenters. The fourth-order valence-electron chi connectivity index (χ4n) is 4.34.